The van der Waals surface area contributed by atoms with E-state index in [1.165, 1.54) is 12.4 Å². The van der Waals surface area contributed by atoms with Gasteiger partial charge in [0.15, 0.2) is 0 Å². The fourth-order valence-electron chi connectivity index (χ4n) is 1.11. The van der Waals surface area contributed by atoms with Crippen LogP contribution in [-0.2, 0) is 11.1 Å². The molecular weight excluding hydrogens is 188 g/mol. The van der Waals surface area contributed by atoms with Crippen LogP contribution in [0, 0.1) is 0 Å². The van der Waals surface area contributed by atoms with Crippen molar-refractivity contribution in [1.82, 2.24) is 9.97 Å². The van der Waals surface area contributed by atoms with Crippen molar-refractivity contribution in [2.24, 2.45) is 0 Å². The highest BCUT2D eigenvalue weighted by atomic mass is 32.2. The molecule has 0 aliphatic heterocycles. The lowest BCUT2D eigenvalue weighted by Gasteiger charge is -2.06. The number of nitrogens with zero attached hydrogens (tertiary/aromatic N) is 2. The van der Waals surface area contributed by atoms with E-state index >= 15 is 0 Å². The summed E-state index contributed by atoms with van der Waals surface area (Å²) in [5, 5.41) is 1.38. The number of aromatic nitrogens is 2. The van der Waals surface area contributed by atoms with Crippen LogP contribution in [0.15, 0.2) is 35.7 Å². The van der Waals surface area contributed by atoms with Gasteiger partial charge in [0, 0.05) is 35.6 Å². The van der Waals surface area contributed by atoms with Crippen LogP contribution in [-0.4, -0.2) is 18.7 Å². The highest BCUT2D eigenvalue weighted by Gasteiger charge is 2.00. The van der Waals surface area contributed by atoms with Gasteiger partial charge in [0.2, 0.25) is 0 Å². The van der Waals surface area contributed by atoms with E-state index in [2.05, 4.69) is 9.97 Å². The number of hydrogen-bond acceptors (Lipinski definition) is 4. The molecular formula is C8H5N2O2S-. The number of rotatable bonds is 1. The zero-order valence-corrected chi connectivity index (χ0v) is 7.32. The van der Waals surface area contributed by atoms with Crippen LogP contribution in [0.25, 0.3) is 10.8 Å². The maximum atomic E-state index is 10.7. The van der Waals surface area contributed by atoms with Gasteiger partial charge in [0.25, 0.3) is 0 Å². The third-order valence-electron chi connectivity index (χ3n) is 1.71. The molecule has 0 aliphatic carbocycles. The van der Waals surface area contributed by atoms with Crippen LogP contribution < -0.4 is 0 Å². The maximum Gasteiger partial charge on any atom is 0.0526 e. The molecule has 2 aromatic rings. The Morgan fingerprint density at radius 1 is 1.23 bits per heavy atom. The molecule has 66 valence electrons. The summed E-state index contributed by atoms with van der Waals surface area (Å²) in [6.45, 7) is 0. The normalized spacial score (nSPS) is 13.0. The lowest BCUT2D eigenvalue weighted by molar-refractivity contribution is 0.537. The largest absolute Gasteiger partial charge is 0.768 e. The molecule has 0 aliphatic rings. The van der Waals surface area contributed by atoms with Crippen LogP contribution in [0.2, 0.25) is 0 Å². The average molecular weight is 193 g/mol. The van der Waals surface area contributed by atoms with E-state index in [9.17, 15) is 8.76 Å². The smallest absolute Gasteiger partial charge is 0.0526 e. The fourth-order valence-corrected chi connectivity index (χ4v) is 1.61. The van der Waals surface area contributed by atoms with Crippen molar-refractivity contribution in [2.75, 3.05) is 0 Å². The Labute approximate surface area is 76.9 Å². The van der Waals surface area contributed by atoms with Crippen LogP contribution in [0.5, 0.6) is 0 Å². The zero-order valence-electron chi connectivity index (χ0n) is 6.51. The highest BCUT2D eigenvalue weighted by molar-refractivity contribution is 7.79. The second-order valence-corrected chi connectivity index (χ2v) is 3.38. The van der Waals surface area contributed by atoms with Gasteiger partial charge < -0.3 is 4.55 Å². The number of hydrogen-bond donors (Lipinski definition) is 0. The van der Waals surface area contributed by atoms with Gasteiger partial charge in [-0.15, -0.1) is 0 Å². The van der Waals surface area contributed by atoms with Gasteiger partial charge in [0.1, 0.15) is 0 Å². The molecule has 0 saturated heterocycles. The van der Waals surface area contributed by atoms with Gasteiger partial charge in [-0.05, 0) is 17.1 Å². The van der Waals surface area contributed by atoms with E-state index in [0.717, 1.165) is 5.39 Å². The van der Waals surface area contributed by atoms with Crippen LogP contribution in [0.4, 0.5) is 0 Å². The SMILES string of the molecule is O=S([O-])c1cncc2ccncc12. The Morgan fingerprint density at radius 2 is 2.08 bits per heavy atom. The minimum Gasteiger partial charge on any atom is -0.768 e. The van der Waals surface area contributed by atoms with E-state index < -0.39 is 11.1 Å². The second-order valence-electron chi connectivity index (χ2n) is 2.47. The number of pyridine rings is 2. The number of fused-ring (bicyclic) bond motifs is 1. The standard InChI is InChI=1S/C8H6N2O2S/c11-13(12)8-5-10-3-6-1-2-9-4-7(6)8/h1-5H,(H,11,12)/p-1. The molecule has 0 spiro atoms. The van der Waals surface area contributed by atoms with Crippen molar-refractivity contribution in [3.05, 3.63) is 30.9 Å². The third-order valence-corrected chi connectivity index (χ3v) is 2.39. The van der Waals surface area contributed by atoms with E-state index in [0.29, 0.717) is 5.39 Å². The molecule has 0 saturated carbocycles. The molecule has 2 heterocycles. The molecule has 4 nitrogen and oxygen atoms in total. The summed E-state index contributed by atoms with van der Waals surface area (Å²) in [6, 6.07) is 1.72. The topological polar surface area (TPSA) is 65.9 Å². The Bertz CT molecular complexity index is 467. The Balaban J connectivity index is 2.83. The van der Waals surface area contributed by atoms with Crippen LogP contribution >= 0.6 is 0 Å². The Kier molecular flexibility index (Phi) is 2.03. The first-order chi connectivity index (χ1) is 6.29. The molecule has 5 heteroatoms. The molecule has 0 amide bonds. The van der Waals surface area contributed by atoms with E-state index in [-0.39, 0.29) is 4.90 Å². The van der Waals surface area contributed by atoms with Crippen molar-refractivity contribution >= 4 is 21.9 Å². The summed E-state index contributed by atoms with van der Waals surface area (Å²) in [5.74, 6) is 0. The Hall–Kier alpha value is -1.33. The molecule has 0 aromatic carbocycles. The molecule has 0 bridgehead atoms. The predicted octanol–water partition coefficient (Wildman–Crippen LogP) is 0.868. The lowest BCUT2D eigenvalue weighted by atomic mass is 10.2. The zero-order chi connectivity index (χ0) is 9.26. The first-order valence-electron chi connectivity index (χ1n) is 3.56. The third kappa shape index (κ3) is 1.43. The average Bonchev–Trinajstić information content (AvgIpc) is 2.17. The molecule has 13 heavy (non-hydrogen) atoms. The molecule has 2 rings (SSSR count). The Morgan fingerprint density at radius 3 is 2.85 bits per heavy atom. The summed E-state index contributed by atoms with van der Waals surface area (Å²) < 4.78 is 21.5. The summed E-state index contributed by atoms with van der Waals surface area (Å²) in [4.78, 5) is 7.85. The first-order valence-corrected chi connectivity index (χ1v) is 4.63. The first kappa shape index (κ1) is 8.28. The van der Waals surface area contributed by atoms with Crippen LogP contribution in [0.1, 0.15) is 0 Å². The monoisotopic (exact) mass is 193 g/mol. The second kappa shape index (κ2) is 3.20. The van der Waals surface area contributed by atoms with E-state index in [4.69, 9.17) is 0 Å². The van der Waals surface area contributed by atoms with E-state index in [1.54, 1.807) is 18.5 Å². The van der Waals surface area contributed by atoms with Gasteiger partial charge in [0.05, 0.1) is 4.90 Å². The molecule has 1 atom stereocenters. The van der Waals surface area contributed by atoms with Crippen molar-refractivity contribution in [3.8, 4) is 0 Å². The van der Waals surface area contributed by atoms with Gasteiger partial charge in [-0.25, -0.2) is 0 Å². The summed E-state index contributed by atoms with van der Waals surface area (Å²) in [5.41, 5.74) is 0. The van der Waals surface area contributed by atoms with Gasteiger partial charge in [-0.2, -0.15) is 0 Å². The molecule has 0 N–H and O–H groups in total. The minimum absolute atomic E-state index is 0.186. The maximum absolute atomic E-state index is 10.7. The van der Waals surface area contributed by atoms with Gasteiger partial charge in [-0.3, -0.25) is 14.2 Å². The van der Waals surface area contributed by atoms with Crippen LogP contribution in [0.3, 0.4) is 0 Å². The van der Waals surface area contributed by atoms with Crippen molar-refractivity contribution in [1.29, 1.82) is 0 Å². The molecule has 0 radical (unpaired) electrons. The minimum atomic E-state index is -2.26. The van der Waals surface area contributed by atoms with Crippen molar-refractivity contribution in [2.45, 2.75) is 4.90 Å². The lowest BCUT2D eigenvalue weighted by Crippen LogP contribution is -1.92. The van der Waals surface area contributed by atoms with Gasteiger partial charge in [-0.1, -0.05) is 0 Å². The summed E-state index contributed by atoms with van der Waals surface area (Å²) in [6.07, 6.45) is 6.03. The summed E-state index contributed by atoms with van der Waals surface area (Å²) in [7, 11) is 0. The molecule has 1 unspecified atom stereocenters. The highest BCUT2D eigenvalue weighted by Crippen LogP contribution is 2.17. The van der Waals surface area contributed by atoms with Crippen molar-refractivity contribution in [3.63, 3.8) is 0 Å². The summed E-state index contributed by atoms with van der Waals surface area (Å²) >= 11 is -2.26. The fraction of sp³-hybridized carbons (Fsp3) is 0. The predicted molar refractivity (Wildman–Crippen MR) is 46.7 cm³/mol. The molecule has 2 aromatic heterocycles. The van der Waals surface area contributed by atoms with Crippen molar-refractivity contribution < 1.29 is 8.76 Å². The molecule has 0 fully saturated rings. The van der Waals surface area contributed by atoms with Gasteiger partial charge >= 0.3 is 0 Å². The quantitative estimate of drug-likeness (QED) is 0.630. The van der Waals surface area contributed by atoms with E-state index in [1.807, 2.05) is 0 Å².